The number of carbonyl (C=O) groups is 1. The summed E-state index contributed by atoms with van der Waals surface area (Å²) in [5.41, 5.74) is 0.892. The second kappa shape index (κ2) is 6.91. The highest BCUT2D eigenvalue weighted by Gasteiger charge is 2.30. The van der Waals surface area contributed by atoms with Crippen LogP contribution in [-0.4, -0.2) is 56.8 Å². The van der Waals surface area contributed by atoms with Crippen LogP contribution < -0.4 is 9.80 Å². The Kier molecular flexibility index (Phi) is 4.87. The van der Waals surface area contributed by atoms with Crippen molar-refractivity contribution in [2.24, 2.45) is 0 Å². The molecule has 0 atom stereocenters. The molecule has 2 heterocycles. The van der Waals surface area contributed by atoms with Crippen molar-refractivity contribution in [2.75, 3.05) is 55.7 Å². The molecule has 1 aromatic carbocycles. The second-order valence-corrected chi connectivity index (χ2v) is 6.30. The fraction of sp³-hybridized carbons (Fsp3) is 0.588. The molecule has 24 heavy (non-hydrogen) atoms. The molecule has 2 aliphatic heterocycles. The van der Waals surface area contributed by atoms with Crippen molar-refractivity contribution in [3.63, 3.8) is 0 Å². The molecule has 3 rings (SSSR count). The van der Waals surface area contributed by atoms with Crippen LogP contribution in [0.3, 0.4) is 0 Å². The third-order valence-corrected chi connectivity index (χ3v) is 4.83. The number of halogens is 3. The molecular weight excluding hydrogens is 319 g/mol. The highest BCUT2D eigenvalue weighted by molar-refractivity contribution is 5.74. The molecule has 4 nitrogen and oxygen atoms in total. The zero-order valence-electron chi connectivity index (χ0n) is 13.8. The van der Waals surface area contributed by atoms with E-state index in [0.29, 0.717) is 50.4 Å². The lowest BCUT2D eigenvalue weighted by atomic mass is 9.99. The fourth-order valence-corrected chi connectivity index (χ4v) is 3.61. The van der Waals surface area contributed by atoms with Gasteiger partial charge in [0, 0.05) is 46.2 Å². The molecule has 1 saturated heterocycles. The van der Waals surface area contributed by atoms with Gasteiger partial charge in [0.15, 0.2) is 5.82 Å². The highest BCUT2D eigenvalue weighted by Crippen LogP contribution is 2.38. The van der Waals surface area contributed by atoms with Crippen molar-refractivity contribution in [1.29, 1.82) is 0 Å². The van der Waals surface area contributed by atoms with E-state index in [1.54, 1.807) is 14.7 Å². The Hall–Kier alpha value is -1.92. The van der Waals surface area contributed by atoms with Crippen LogP contribution in [0.2, 0.25) is 0 Å². The molecule has 132 valence electrons. The van der Waals surface area contributed by atoms with Gasteiger partial charge >= 0.3 is 0 Å². The minimum Gasteiger partial charge on any atom is -0.366 e. The van der Waals surface area contributed by atoms with Crippen LogP contribution in [0.15, 0.2) is 6.07 Å². The average molecular weight is 341 g/mol. The first-order chi connectivity index (χ1) is 11.5. The van der Waals surface area contributed by atoms with Crippen molar-refractivity contribution in [1.82, 2.24) is 4.90 Å². The maximum atomic E-state index is 15.1. The maximum Gasteiger partial charge on any atom is 0.219 e. The van der Waals surface area contributed by atoms with Gasteiger partial charge in [0.2, 0.25) is 5.91 Å². The van der Waals surface area contributed by atoms with E-state index < -0.39 is 18.3 Å². The number of anilines is 2. The molecule has 0 bridgehead atoms. The van der Waals surface area contributed by atoms with Crippen molar-refractivity contribution < 1.29 is 18.0 Å². The summed E-state index contributed by atoms with van der Waals surface area (Å²) in [6.45, 7) is 3.28. The molecule has 0 N–H and O–H groups in total. The van der Waals surface area contributed by atoms with Gasteiger partial charge in [-0.1, -0.05) is 0 Å². The van der Waals surface area contributed by atoms with E-state index in [9.17, 15) is 13.6 Å². The Labute approximate surface area is 139 Å². The van der Waals surface area contributed by atoms with Crippen LogP contribution in [0.5, 0.6) is 0 Å². The minimum absolute atomic E-state index is 0.0323. The predicted molar refractivity (Wildman–Crippen MR) is 87.3 cm³/mol. The average Bonchev–Trinajstić information content (AvgIpc) is 2.55. The standard InChI is InChI=1S/C17H22F3N3O/c1-12(24)21-7-9-23(10-8-21)17-14(19)11-13-3-2-5-22(6-4-18)16(13)15(17)20/h11H,2-10H2,1H3. The molecule has 1 fully saturated rings. The number of aryl methyl sites for hydroxylation is 1. The molecule has 1 aromatic rings. The lowest BCUT2D eigenvalue weighted by Gasteiger charge is -2.38. The smallest absolute Gasteiger partial charge is 0.219 e. The van der Waals surface area contributed by atoms with Gasteiger partial charge in [0.1, 0.15) is 18.2 Å². The Morgan fingerprint density at radius 1 is 1.12 bits per heavy atom. The molecule has 1 amide bonds. The van der Waals surface area contributed by atoms with Gasteiger partial charge < -0.3 is 14.7 Å². The molecule has 0 aromatic heterocycles. The van der Waals surface area contributed by atoms with Crippen LogP contribution in [0.25, 0.3) is 0 Å². The number of nitrogens with zero attached hydrogens (tertiary/aromatic N) is 3. The summed E-state index contributed by atoms with van der Waals surface area (Å²) in [7, 11) is 0. The van der Waals surface area contributed by atoms with Crippen molar-refractivity contribution in [3.05, 3.63) is 23.3 Å². The van der Waals surface area contributed by atoms with Gasteiger partial charge in [0.25, 0.3) is 0 Å². The van der Waals surface area contributed by atoms with Crippen LogP contribution in [-0.2, 0) is 11.2 Å². The molecule has 0 saturated carbocycles. The Bertz CT molecular complexity index is 630. The van der Waals surface area contributed by atoms with Gasteiger partial charge in [-0.2, -0.15) is 0 Å². The number of piperazine rings is 1. The molecule has 0 radical (unpaired) electrons. The topological polar surface area (TPSA) is 26.8 Å². The molecule has 0 unspecified atom stereocenters. The number of amides is 1. The zero-order valence-corrected chi connectivity index (χ0v) is 13.8. The number of carbonyl (C=O) groups excluding carboxylic acids is 1. The van der Waals surface area contributed by atoms with Crippen molar-refractivity contribution >= 4 is 17.3 Å². The van der Waals surface area contributed by atoms with Gasteiger partial charge in [-0.3, -0.25) is 4.79 Å². The number of hydrogen-bond acceptors (Lipinski definition) is 3. The zero-order chi connectivity index (χ0) is 17.3. The lowest BCUT2D eigenvalue weighted by molar-refractivity contribution is -0.129. The quantitative estimate of drug-likeness (QED) is 0.844. The van der Waals surface area contributed by atoms with Crippen LogP contribution >= 0.6 is 0 Å². The normalized spacial score (nSPS) is 17.9. The molecular formula is C17H22F3N3O. The monoisotopic (exact) mass is 341 g/mol. The van der Waals surface area contributed by atoms with E-state index >= 15 is 4.39 Å². The number of alkyl halides is 1. The molecule has 0 spiro atoms. The first-order valence-corrected chi connectivity index (χ1v) is 8.35. The summed E-state index contributed by atoms with van der Waals surface area (Å²) in [4.78, 5) is 16.4. The number of hydrogen-bond donors (Lipinski definition) is 0. The Morgan fingerprint density at radius 3 is 2.46 bits per heavy atom. The second-order valence-electron chi connectivity index (χ2n) is 6.30. The molecule has 0 aliphatic carbocycles. The summed E-state index contributed by atoms with van der Waals surface area (Å²) >= 11 is 0. The summed E-state index contributed by atoms with van der Waals surface area (Å²) < 4.78 is 42.4. The summed E-state index contributed by atoms with van der Waals surface area (Å²) in [5.74, 6) is -1.21. The summed E-state index contributed by atoms with van der Waals surface area (Å²) in [6, 6.07) is 1.38. The van der Waals surface area contributed by atoms with Gasteiger partial charge in [-0.05, 0) is 24.5 Å². The number of benzene rings is 1. The van der Waals surface area contributed by atoms with E-state index in [1.807, 2.05) is 0 Å². The Morgan fingerprint density at radius 2 is 1.83 bits per heavy atom. The predicted octanol–water partition coefficient (Wildman–Crippen LogP) is 2.36. The van der Waals surface area contributed by atoms with Gasteiger partial charge in [-0.25, -0.2) is 13.2 Å². The van der Waals surface area contributed by atoms with Crippen LogP contribution in [0, 0.1) is 11.6 Å². The largest absolute Gasteiger partial charge is 0.366 e. The minimum atomic E-state index is -0.602. The van der Waals surface area contributed by atoms with E-state index in [-0.39, 0.29) is 18.1 Å². The van der Waals surface area contributed by atoms with Crippen molar-refractivity contribution in [3.8, 4) is 0 Å². The first kappa shape index (κ1) is 16.9. The lowest BCUT2D eigenvalue weighted by Crippen LogP contribution is -2.48. The van der Waals surface area contributed by atoms with E-state index in [0.717, 1.165) is 6.42 Å². The van der Waals surface area contributed by atoms with Crippen LogP contribution in [0.4, 0.5) is 24.5 Å². The van der Waals surface area contributed by atoms with Gasteiger partial charge in [-0.15, -0.1) is 0 Å². The summed E-state index contributed by atoms with van der Waals surface area (Å²) in [5, 5.41) is 0. The summed E-state index contributed by atoms with van der Waals surface area (Å²) in [6.07, 6.45) is 1.37. The van der Waals surface area contributed by atoms with Crippen LogP contribution in [0.1, 0.15) is 18.9 Å². The first-order valence-electron chi connectivity index (χ1n) is 8.35. The SMILES string of the molecule is CC(=O)N1CCN(c2c(F)cc3c(c2F)N(CCF)CCC3)CC1. The van der Waals surface area contributed by atoms with E-state index in [4.69, 9.17) is 0 Å². The van der Waals surface area contributed by atoms with Crippen molar-refractivity contribution in [2.45, 2.75) is 19.8 Å². The van der Waals surface area contributed by atoms with E-state index in [2.05, 4.69) is 0 Å². The Balaban J connectivity index is 1.92. The molecule has 7 heteroatoms. The third kappa shape index (κ3) is 3.03. The highest BCUT2D eigenvalue weighted by atomic mass is 19.1. The molecule has 2 aliphatic rings. The van der Waals surface area contributed by atoms with E-state index in [1.165, 1.54) is 13.0 Å². The van der Waals surface area contributed by atoms with Gasteiger partial charge in [0.05, 0.1) is 5.69 Å². The fourth-order valence-electron chi connectivity index (χ4n) is 3.61. The number of fused-ring (bicyclic) bond motifs is 1. The third-order valence-electron chi connectivity index (χ3n) is 4.83. The maximum absolute atomic E-state index is 15.1. The number of rotatable bonds is 3.